The summed E-state index contributed by atoms with van der Waals surface area (Å²) in [5.41, 5.74) is 1.94. The predicted molar refractivity (Wildman–Crippen MR) is 151 cm³/mol. The fourth-order valence-electron chi connectivity index (χ4n) is 4.69. The van der Waals surface area contributed by atoms with Crippen LogP contribution < -0.4 is 24.3 Å². The Bertz CT molecular complexity index is 1540. The first-order chi connectivity index (χ1) is 20.0. The van der Waals surface area contributed by atoms with Gasteiger partial charge in [0.2, 0.25) is 12.7 Å². The molecule has 0 fully saturated rings. The highest BCUT2D eigenvalue weighted by molar-refractivity contribution is 5.98. The van der Waals surface area contributed by atoms with Crippen molar-refractivity contribution in [3.05, 3.63) is 114 Å². The molecule has 0 aliphatic carbocycles. The Labute approximate surface area is 237 Å². The van der Waals surface area contributed by atoms with E-state index in [-0.39, 0.29) is 31.2 Å². The van der Waals surface area contributed by atoms with Crippen molar-refractivity contribution in [3.8, 4) is 23.0 Å². The van der Waals surface area contributed by atoms with Crippen LogP contribution in [0.25, 0.3) is 0 Å². The number of ether oxygens (including phenoxy) is 4. The third-order valence-corrected chi connectivity index (χ3v) is 6.74. The molecule has 1 N–H and O–H groups in total. The van der Waals surface area contributed by atoms with E-state index < -0.39 is 17.8 Å². The average molecular weight is 557 g/mol. The summed E-state index contributed by atoms with van der Waals surface area (Å²) in [6.07, 6.45) is 0.0103. The van der Waals surface area contributed by atoms with Crippen LogP contribution in [0.4, 0.5) is 10.1 Å². The first kappa shape index (κ1) is 27.5. The SMILES string of the molecule is COc1ccc(C(C(=O)Nc2ccc3c(c2)OCO3)N(Cc2ccccc2F)C(=O)Cc2ccccc2)cc1OC. The number of nitrogens with zero attached hydrogens (tertiary/aromatic N) is 1. The number of benzene rings is 4. The number of amides is 2. The van der Waals surface area contributed by atoms with E-state index in [1.807, 2.05) is 30.3 Å². The van der Waals surface area contributed by atoms with Crippen LogP contribution in [0.5, 0.6) is 23.0 Å². The van der Waals surface area contributed by atoms with Gasteiger partial charge in [-0.3, -0.25) is 9.59 Å². The molecule has 0 bridgehead atoms. The quantitative estimate of drug-likeness (QED) is 0.277. The molecule has 4 aromatic rings. The Hall–Kier alpha value is -5.05. The van der Waals surface area contributed by atoms with Crippen molar-refractivity contribution in [2.45, 2.75) is 19.0 Å². The second kappa shape index (κ2) is 12.4. The highest BCUT2D eigenvalue weighted by Gasteiger charge is 2.33. The zero-order valence-corrected chi connectivity index (χ0v) is 22.6. The summed E-state index contributed by atoms with van der Waals surface area (Å²) in [5.74, 6) is 0.559. The average Bonchev–Trinajstić information content (AvgIpc) is 3.46. The minimum atomic E-state index is -1.16. The van der Waals surface area contributed by atoms with E-state index in [4.69, 9.17) is 18.9 Å². The van der Waals surface area contributed by atoms with Gasteiger partial charge in [-0.1, -0.05) is 54.6 Å². The normalized spacial score (nSPS) is 12.4. The lowest BCUT2D eigenvalue weighted by atomic mass is 10.0. The number of rotatable bonds is 10. The Morgan fingerprint density at radius 3 is 2.37 bits per heavy atom. The third-order valence-electron chi connectivity index (χ3n) is 6.74. The van der Waals surface area contributed by atoms with Gasteiger partial charge < -0.3 is 29.2 Å². The van der Waals surface area contributed by atoms with Crippen molar-refractivity contribution >= 4 is 17.5 Å². The van der Waals surface area contributed by atoms with Gasteiger partial charge in [-0.2, -0.15) is 0 Å². The van der Waals surface area contributed by atoms with Crippen molar-refractivity contribution in [2.24, 2.45) is 0 Å². The maximum atomic E-state index is 14.9. The molecule has 8 nitrogen and oxygen atoms in total. The van der Waals surface area contributed by atoms with Gasteiger partial charge >= 0.3 is 0 Å². The summed E-state index contributed by atoms with van der Waals surface area (Å²) < 4.78 is 36.6. The fraction of sp³-hybridized carbons (Fsp3) is 0.188. The molecule has 1 unspecified atom stereocenters. The Morgan fingerprint density at radius 2 is 1.61 bits per heavy atom. The van der Waals surface area contributed by atoms with Gasteiger partial charge in [0.05, 0.1) is 20.6 Å². The van der Waals surface area contributed by atoms with Crippen LogP contribution in [-0.4, -0.2) is 37.7 Å². The number of fused-ring (bicyclic) bond motifs is 1. The van der Waals surface area contributed by atoms with E-state index in [0.29, 0.717) is 34.2 Å². The van der Waals surface area contributed by atoms with Gasteiger partial charge in [-0.25, -0.2) is 4.39 Å². The number of nitrogens with one attached hydrogen (secondary N) is 1. The molecule has 9 heteroatoms. The van der Waals surface area contributed by atoms with Crippen molar-refractivity contribution in [3.63, 3.8) is 0 Å². The highest BCUT2D eigenvalue weighted by Crippen LogP contribution is 2.36. The summed E-state index contributed by atoms with van der Waals surface area (Å²) in [6, 6.07) is 24.3. The molecule has 210 valence electrons. The predicted octanol–water partition coefficient (Wildman–Crippen LogP) is 5.52. The number of carbonyl (C=O) groups is 2. The molecule has 0 aromatic heterocycles. The van der Waals surface area contributed by atoms with Crippen molar-refractivity contribution in [1.29, 1.82) is 0 Å². The Balaban J connectivity index is 1.58. The molecule has 0 saturated carbocycles. The summed E-state index contributed by atoms with van der Waals surface area (Å²) >= 11 is 0. The minimum Gasteiger partial charge on any atom is -0.493 e. The monoisotopic (exact) mass is 556 g/mol. The lowest BCUT2D eigenvalue weighted by Crippen LogP contribution is -2.41. The second-order valence-electron chi connectivity index (χ2n) is 9.35. The highest BCUT2D eigenvalue weighted by atomic mass is 19.1. The largest absolute Gasteiger partial charge is 0.493 e. The molecule has 0 saturated heterocycles. The fourth-order valence-corrected chi connectivity index (χ4v) is 4.69. The zero-order valence-electron chi connectivity index (χ0n) is 22.6. The number of methoxy groups -OCH3 is 2. The second-order valence-corrected chi connectivity index (χ2v) is 9.35. The molecule has 1 aliphatic rings. The van der Waals surface area contributed by atoms with Crippen LogP contribution in [0.15, 0.2) is 91.0 Å². The van der Waals surface area contributed by atoms with Gasteiger partial charge in [0.1, 0.15) is 11.9 Å². The number of carbonyl (C=O) groups excluding carboxylic acids is 2. The lowest BCUT2D eigenvalue weighted by molar-refractivity contribution is -0.139. The van der Waals surface area contributed by atoms with Crippen LogP contribution in [0.3, 0.4) is 0 Å². The summed E-state index contributed by atoms with van der Waals surface area (Å²) in [7, 11) is 3.00. The standard InChI is InChI=1S/C32H29FN2O6/c1-38-26-14-12-22(17-28(26)39-2)31(32(37)34-24-13-15-27-29(18-24)41-20-40-27)35(19-23-10-6-7-11-25(23)33)30(36)16-21-8-4-3-5-9-21/h3-15,17-18,31H,16,19-20H2,1-2H3,(H,34,37). The van der Waals surface area contributed by atoms with Crippen LogP contribution in [0.2, 0.25) is 0 Å². The molecule has 1 aliphatic heterocycles. The molecule has 2 amide bonds. The lowest BCUT2D eigenvalue weighted by Gasteiger charge is -2.32. The smallest absolute Gasteiger partial charge is 0.251 e. The van der Waals surface area contributed by atoms with Crippen molar-refractivity contribution in [1.82, 2.24) is 4.90 Å². The van der Waals surface area contributed by atoms with E-state index >= 15 is 0 Å². The Morgan fingerprint density at radius 1 is 0.878 bits per heavy atom. The van der Waals surface area contributed by atoms with Crippen LogP contribution >= 0.6 is 0 Å². The minimum absolute atomic E-state index is 0.0103. The van der Waals surface area contributed by atoms with Gasteiger partial charge in [0.25, 0.3) is 5.91 Å². The molecule has 0 spiro atoms. The summed E-state index contributed by atoms with van der Waals surface area (Å²) in [5, 5.41) is 2.90. The molecular weight excluding hydrogens is 527 g/mol. The molecule has 41 heavy (non-hydrogen) atoms. The summed E-state index contributed by atoms with van der Waals surface area (Å²) in [6.45, 7) is -0.0582. The summed E-state index contributed by atoms with van der Waals surface area (Å²) in [4.78, 5) is 29.4. The van der Waals surface area contributed by atoms with E-state index in [1.165, 1.54) is 25.2 Å². The van der Waals surface area contributed by atoms with Crippen molar-refractivity contribution < 1.29 is 32.9 Å². The Kier molecular flexibility index (Phi) is 8.34. The number of anilines is 1. The van der Waals surface area contributed by atoms with Crippen molar-refractivity contribution in [2.75, 3.05) is 26.3 Å². The molecular formula is C32H29FN2O6. The van der Waals surface area contributed by atoms with Gasteiger partial charge in [-0.05, 0) is 41.5 Å². The maximum Gasteiger partial charge on any atom is 0.251 e. The first-order valence-corrected chi connectivity index (χ1v) is 13.0. The van der Waals surface area contributed by atoms with E-state index in [1.54, 1.807) is 54.6 Å². The first-order valence-electron chi connectivity index (χ1n) is 13.0. The van der Waals surface area contributed by atoms with Crippen LogP contribution in [0, 0.1) is 5.82 Å². The molecule has 4 aromatic carbocycles. The third kappa shape index (κ3) is 6.24. The van der Waals surface area contributed by atoms with E-state index in [0.717, 1.165) is 5.56 Å². The molecule has 0 radical (unpaired) electrons. The maximum absolute atomic E-state index is 14.9. The van der Waals surface area contributed by atoms with Gasteiger partial charge in [0, 0.05) is 23.9 Å². The van der Waals surface area contributed by atoms with Crippen LogP contribution in [0.1, 0.15) is 22.7 Å². The number of halogens is 1. The molecule has 1 heterocycles. The molecule has 1 atom stereocenters. The molecule has 5 rings (SSSR count). The number of hydrogen-bond acceptors (Lipinski definition) is 6. The topological polar surface area (TPSA) is 86.3 Å². The number of hydrogen-bond donors (Lipinski definition) is 1. The van der Waals surface area contributed by atoms with Gasteiger partial charge in [0.15, 0.2) is 23.0 Å². The van der Waals surface area contributed by atoms with Gasteiger partial charge in [-0.15, -0.1) is 0 Å². The van der Waals surface area contributed by atoms with E-state index in [9.17, 15) is 14.0 Å². The van der Waals surface area contributed by atoms with Crippen LogP contribution in [-0.2, 0) is 22.6 Å². The van der Waals surface area contributed by atoms with E-state index in [2.05, 4.69) is 5.32 Å². The zero-order chi connectivity index (χ0) is 28.8.